The van der Waals surface area contributed by atoms with Crippen molar-refractivity contribution in [1.82, 2.24) is 24.3 Å². The van der Waals surface area contributed by atoms with Crippen LogP contribution < -0.4 is 5.73 Å². The van der Waals surface area contributed by atoms with Crippen LogP contribution in [0.25, 0.3) is 11.0 Å². The van der Waals surface area contributed by atoms with E-state index in [9.17, 15) is 13.6 Å². The van der Waals surface area contributed by atoms with E-state index in [1.165, 1.54) is 11.8 Å². The third-order valence-corrected chi connectivity index (χ3v) is 5.43. The number of para-hydroxylation sites is 2. The maximum Gasteiger partial charge on any atom is 0.320 e. The molecule has 27 heavy (non-hydrogen) atoms. The van der Waals surface area contributed by atoms with E-state index >= 15 is 0 Å². The minimum atomic E-state index is -2.68. The predicted molar refractivity (Wildman–Crippen MR) is 96.4 cm³/mol. The molecule has 2 N–H and O–H groups in total. The number of carbonyl (C=O) groups excluding carboxylic acids is 1. The van der Waals surface area contributed by atoms with Gasteiger partial charge in [0.1, 0.15) is 11.6 Å². The van der Waals surface area contributed by atoms with Crippen molar-refractivity contribution < 1.29 is 13.6 Å². The first-order chi connectivity index (χ1) is 13.0. The zero-order valence-electron chi connectivity index (χ0n) is 14.4. The molecule has 1 aliphatic carbocycles. The zero-order valence-corrected chi connectivity index (χ0v) is 15.2. The molecule has 0 aliphatic heterocycles. The summed E-state index contributed by atoms with van der Waals surface area (Å²) in [4.78, 5) is 15.5. The van der Waals surface area contributed by atoms with Gasteiger partial charge in [-0.1, -0.05) is 23.9 Å². The van der Waals surface area contributed by atoms with Gasteiger partial charge in [-0.05, 0) is 25.0 Å². The fourth-order valence-corrected chi connectivity index (χ4v) is 3.93. The van der Waals surface area contributed by atoms with Crippen LogP contribution in [0.2, 0.25) is 0 Å². The Morgan fingerprint density at radius 2 is 2.07 bits per heavy atom. The van der Waals surface area contributed by atoms with Crippen LogP contribution in [0.5, 0.6) is 0 Å². The number of aromatic nitrogens is 5. The Morgan fingerprint density at radius 1 is 1.30 bits per heavy atom. The van der Waals surface area contributed by atoms with Crippen molar-refractivity contribution in [3.05, 3.63) is 35.9 Å². The summed E-state index contributed by atoms with van der Waals surface area (Å²) in [5, 5.41) is 9.02. The Morgan fingerprint density at radius 3 is 2.78 bits per heavy atom. The molecule has 1 amide bonds. The third-order valence-electron chi connectivity index (χ3n) is 4.46. The standard InChI is InChI=1S/C17H18F2N6OS/c18-16(19)25-12-4-2-1-3-11(12)21-14(25)9-27-17-23-22-15(10-5-6-10)24(17)8-7-13(20)26/h1-4,10,16H,5-9H2,(H2,20,26). The smallest absolute Gasteiger partial charge is 0.320 e. The van der Waals surface area contributed by atoms with Crippen LogP contribution >= 0.6 is 11.8 Å². The molecule has 0 radical (unpaired) electrons. The Balaban J connectivity index is 1.59. The number of thioether (sulfide) groups is 1. The average molecular weight is 392 g/mol. The molecular formula is C17H18F2N6OS. The number of amides is 1. The van der Waals surface area contributed by atoms with E-state index in [0.29, 0.717) is 28.7 Å². The van der Waals surface area contributed by atoms with Crippen molar-refractivity contribution in [2.24, 2.45) is 5.73 Å². The Hall–Kier alpha value is -2.49. The SMILES string of the molecule is NC(=O)CCn1c(SCc2nc3ccccc3n2C(F)F)nnc1C1CC1. The summed E-state index contributed by atoms with van der Waals surface area (Å²) in [5.41, 5.74) is 6.20. The Kier molecular flexibility index (Phi) is 4.81. The van der Waals surface area contributed by atoms with E-state index < -0.39 is 12.5 Å². The van der Waals surface area contributed by atoms with Gasteiger partial charge in [0, 0.05) is 18.9 Å². The Labute approximate surface area is 158 Å². The van der Waals surface area contributed by atoms with Crippen molar-refractivity contribution in [3.63, 3.8) is 0 Å². The van der Waals surface area contributed by atoms with E-state index in [4.69, 9.17) is 5.73 Å². The number of alkyl halides is 2. The summed E-state index contributed by atoms with van der Waals surface area (Å²) in [6.45, 7) is -2.29. The minimum Gasteiger partial charge on any atom is -0.370 e. The second kappa shape index (κ2) is 7.26. The molecule has 1 saturated carbocycles. The van der Waals surface area contributed by atoms with Gasteiger partial charge in [0.25, 0.3) is 0 Å². The van der Waals surface area contributed by atoms with Crippen molar-refractivity contribution in [2.45, 2.75) is 49.2 Å². The number of hydrogen-bond acceptors (Lipinski definition) is 5. The average Bonchev–Trinajstić information content (AvgIpc) is 3.28. The number of carbonyl (C=O) groups is 1. The van der Waals surface area contributed by atoms with Crippen LogP contribution in [0, 0.1) is 0 Å². The number of fused-ring (bicyclic) bond motifs is 1. The van der Waals surface area contributed by atoms with E-state index in [-0.39, 0.29) is 18.0 Å². The molecule has 2 heterocycles. The lowest BCUT2D eigenvalue weighted by atomic mass is 10.3. The summed E-state index contributed by atoms with van der Waals surface area (Å²) in [7, 11) is 0. The van der Waals surface area contributed by atoms with Gasteiger partial charge in [-0.3, -0.25) is 9.36 Å². The molecule has 0 spiro atoms. The first-order valence-electron chi connectivity index (χ1n) is 8.62. The molecule has 4 rings (SSSR count). The highest BCUT2D eigenvalue weighted by Gasteiger charge is 2.30. The molecule has 3 aromatic rings. The van der Waals surface area contributed by atoms with Crippen molar-refractivity contribution in [1.29, 1.82) is 0 Å². The lowest BCUT2D eigenvalue weighted by Gasteiger charge is -2.10. The quantitative estimate of drug-likeness (QED) is 0.595. The van der Waals surface area contributed by atoms with Crippen molar-refractivity contribution >= 4 is 28.7 Å². The molecule has 0 atom stereocenters. The van der Waals surface area contributed by atoms with Gasteiger partial charge < -0.3 is 10.3 Å². The van der Waals surface area contributed by atoms with Gasteiger partial charge in [0.2, 0.25) is 5.91 Å². The lowest BCUT2D eigenvalue weighted by Crippen LogP contribution is -2.15. The molecule has 2 aromatic heterocycles. The van der Waals surface area contributed by atoms with Gasteiger partial charge >= 0.3 is 6.55 Å². The predicted octanol–water partition coefficient (Wildman–Crippen LogP) is 3.07. The third kappa shape index (κ3) is 3.66. The number of nitrogens with two attached hydrogens (primary N) is 1. The van der Waals surface area contributed by atoms with E-state index in [1.807, 2.05) is 4.57 Å². The minimum absolute atomic E-state index is 0.181. The molecule has 1 fully saturated rings. The number of nitrogens with zero attached hydrogens (tertiary/aromatic N) is 5. The lowest BCUT2D eigenvalue weighted by molar-refractivity contribution is -0.118. The number of primary amides is 1. The molecular weight excluding hydrogens is 374 g/mol. The second-order valence-corrected chi connectivity index (χ2v) is 7.38. The fourth-order valence-electron chi connectivity index (χ4n) is 3.03. The summed E-state index contributed by atoms with van der Waals surface area (Å²) in [5.74, 6) is 1.28. The number of hydrogen-bond donors (Lipinski definition) is 1. The van der Waals surface area contributed by atoms with Crippen LogP contribution in [0.3, 0.4) is 0 Å². The monoisotopic (exact) mass is 392 g/mol. The topological polar surface area (TPSA) is 91.6 Å². The maximum absolute atomic E-state index is 13.6. The van der Waals surface area contributed by atoms with Gasteiger partial charge in [0.15, 0.2) is 5.16 Å². The van der Waals surface area contributed by atoms with Crippen molar-refractivity contribution in [3.8, 4) is 0 Å². The van der Waals surface area contributed by atoms with Gasteiger partial charge in [-0.2, -0.15) is 8.78 Å². The highest BCUT2D eigenvalue weighted by atomic mass is 32.2. The number of rotatable bonds is 8. The first-order valence-corrected chi connectivity index (χ1v) is 9.61. The molecule has 10 heteroatoms. The van der Waals surface area contributed by atoms with Crippen LogP contribution in [0.1, 0.15) is 43.4 Å². The number of halogens is 2. The van der Waals surface area contributed by atoms with Crippen LogP contribution in [0.15, 0.2) is 29.4 Å². The largest absolute Gasteiger partial charge is 0.370 e. The molecule has 0 bridgehead atoms. The highest BCUT2D eigenvalue weighted by molar-refractivity contribution is 7.98. The zero-order chi connectivity index (χ0) is 19.0. The van der Waals surface area contributed by atoms with E-state index in [2.05, 4.69) is 15.2 Å². The number of benzene rings is 1. The maximum atomic E-state index is 13.6. The summed E-state index contributed by atoms with van der Waals surface area (Å²) < 4.78 is 29.9. The summed E-state index contributed by atoms with van der Waals surface area (Å²) in [6.07, 6.45) is 2.27. The molecule has 7 nitrogen and oxygen atoms in total. The van der Waals surface area contributed by atoms with Gasteiger partial charge in [0.05, 0.1) is 16.8 Å². The van der Waals surface area contributed by atoms with Gasteiger partial charge in [-0.25, -0.2) is 4.98 Å². The van der Waals surface area contributed by atoms with E-state index in [0.717, 1.165) is 23.2 Å². The Bertz CT molecular complexity index is 981. The molecule has 1 aliphatic rings. The molecule has 1 aromatic carbocycles. The van der Waals surface area contributed by atoms with Crippen LogP contribution in [-0.2, 0) is 17.1 Å². The fraction of sp³-hybridized carbons (Fsp3) is 0.412. The van der Waals surface area contributed by atoms with Crippen LogP contribution in [0.4, 0.5) is 8.78 Å². The van der Waals surface area contributed by atoms with Gasteiger partial charge in [-0.15, -0.1) is 10.2 Å². The number of imidazole rings is 1. The molecule has 142 valence electrons. The van der Waals surface area contributed by atoms with E-state index in [1.54, 1.807) is 24.3 Å². The second-order valence-electron chi connectivity index (χ2n) is 6.44. The van der Waals surface area contributed by atoms with Crippen molar-refractivity contribution in [2.75, 3.05) is 0 Å². The first kappa shape index (κ1) is 17.9. The van der Waals surface area contributed by atoms with Crippen LogP contribution in [-0.4, -0.2) is 30.2 Å². The summed E-state index contributed by atoms with van der Waals surface area (Å²) in [6, 6.07) is 6.82. The molecule has 0 unspecified atom stereocenters. The molecule has 0 saturated heterocycles. The highest BCUT2D eigenvalue weighted by Crippen LogP contribution is 2.40. The normalized spacial score (nSPS) is 14.3. The summed E-state index contributed by atoms with van der Waals surface area (Å²) >= 11 is 1.29.